The summed E-state index contributed by atoms with van der Waals surface area (Å²) in [5.74, 6) is 0.0549. The molecule has 0 aliphatic carbocycles. The van der Waals surface area contributed by atoms with Crippen LogP contribution >= 0.6 is 0 Å². The van der Waals surface area contributed by atoms with E-state index >= 15 is 0 Å². The molecule has 3 nitrogen and oxygen atoms in total. The zero-order valence-corrected chi connectivity index (χ0v) is 12.5. The van der Waals surface area contributed by atoms with E-state index in [9.17, 15) is 4.79 Å². The van der Waals surface area contributed by atoms with Crippen LogP contribution in [0.5, 0.6) is 0 Å². The zero-order chi connectivity index (χ0) is 14.3. The molecule has 0 saturated heterocycles. The molecule has 0 spiro atoms. The highest BCUT2D eigenvalue weighted by molar-refractivity contribution is 5.92. The van der Waals surface area contributed by atoms with E-state index in [0.29, 0.717) is 12.5 Å². The number of carbonyl (C=O) groups excluding carboxylic acids is 1. The lowest BCUT2D eigenvalue weighted by Crippen LogP contribution is -2.17. The number of benzene rings is 1. The molecule has 1 amide bonds. The van der Waals surface area contributed by atoms with Gasteiger partial charge in [0.05, 0.1) is 0 Å². The van der Waals surface area contributed by atoms with Gasteiger partial charge in [-0.25, -0.2) is 0 Å². The summed E-state index contributed by atoms with van der Waals surface area (Å²) < 4.78 is 0. The van der Waals surface area contributed by atoms with E-state index in [2.05, 4.69) is 30.5 Å². The lowest BCUT2D eigenvalue weighted by atomic mass is 10.1. The first-order valence-electron chi connectivity index (χ1n) is 7.24. The number of hydrogen-bond acceptors (Lipinski definition) is 2. The lowest BCUT2D eigenvalue weighted by Gasteiger charge is -2.18. The Hall–Kier alpha value is -1.51. The van der Waals surface area contributed by atoms with E-state index in [4.69, 9.17) is 0 Å². The first-order chi connectivity index (χ1) is 9.08. The van der Waals surface area contributed by atoms with Crippen molar-refractivity contribution in [2.75, 3.05) is 10.6 Å². The van der Waals surface area contributed by atoms with Gasteiger partial charge in [0, 0.05) is 23.8 Å². The number of rotatable bonds is 7. The van der Waals surface area contributed by atoms with Crippen LogP contribution in [0.15, 0.2) is 18.2 Å². The molecule has 1 aromatic rings. The molecular weight excluding hydrogens is 236 g/mol. The minimum atomic E-state index is 0.0549. The number of amides is 1. The van der Waals surface area contributed by atoms with Crippen LogP contribution in [0.1, 0.15) is 52.0 Å². The SMILES string of the molecule is CCCCC(C)Nc1cccc(NC(=O)CC)c1C. The maximum Gasteiger partial charge on any atom is 0.224 e. The summed E-state index contributed by atoms with van der Waals surface area (Å²) in [5, 5.41) is 6.46. The van der Waals surface area contributed by atoms with Crippen molar-refractivity contribution in [3.63, 3.8) is 0 Å². The van der Waals surface area contributed by atoms with Crippen LogP contribution in [0.25, 0.3) is 0 Å². The third-order valence-electron chi connectivity index (χ3n) is 3.32. The van der Waals surface area contributed by atoms with Crippen molar-refractivity contribution in [1.29, 1.82) is 0 Å². The molecule has 106 valence electrons. The second-order valence-electron chi connectivity index (χ2n) is 5.07. The Morgan fingerprint density at radius 2 is 1.95 bits per heavy atom. The van der Waals surface area contributed by atoms with E-state index in [0.717, 1.165) is 16.9 Å². The maximum atomic E-state index is 11.5. The predicted octanol–water partition coefficient (Wildman–Crippen LogP) is 4.33. The summed E-state index contributed by atoms with van der Waals surface area (Å²) in [6.07, 6.45) is 4.13. The van der Waals surface area contributed by atoms with Gasteiger partial charge < -0.3 is 10.6 Å². The maximum absolute atomic E-state index is 11.5. The molecule has 0 aliphatic rings. The standard InChI is InChI=1S/C16H26N2O/c1-5-7-9-12(3)17-14-10-8-11-15(13(14)4)18-16(19)6-2/h8,10-12,17H,5-7,9H2,1-4H3,(H,18,19). The highest BCUT2D eigenvalue weighted by atomic mass is 16.1. The first kappa shape index (κ1) is 15.5. The highest BCUT2D eigenvalue weighted by Crippen LogP contribution is 2.24. The van der Waals surface area contributed by atoms with Crippen molar-refractivity contribution >= 4 is 17.3 Å². The molecule has 0 heterocycles. The summed E-state index contributed by atoms with van der Waals surface area (Å²) in [4.78, 5) is 11.5. The van der Waals surface area contributed by atoms with Crippen LogP contribution in [0.3, 0.4) is 0 Å². The molecule has 0 aliphatic heterocycles. The van der Waals surface area contributed by atoms with Gasteiger partial charge in [-0.05, 0) is 38.0 Å². The van der Waals surface area contributed by atoms with E-state index < -0.39 is 0 Å². The monoisotopic (exact) mass is 262 g/mol. The molecule has 1 rings (SSSR count). The Morgan fingerprint density at radius 3 is 2.58 bits per heavy atom. The number of anilines is 2. The first-order valence-corrected chi connectivity index (χ1v) is 7.24. The van der Waals surface area contributed by atoms with Crippen LogP contribution < -0.4 is 10.6 Å². The summed E-state index contributed by atoms with van der Waals surface area (Å²) in [6, 6.07) is 6.45. The van der Waals surface area contributed by atoms with Gasteiger partial charge in [0.15, 0.2) is 0 Å². The fourth-order valence-electron chi connectivity index (χ4n) is 2.01. The number of hydrogen-bond donors (Lipinski definition) is 2. The number of unbranched alkanes of at least 4 members (excludes halogenated alkanes) is 1. The Morgan fingerprint density at radius 1 is 1.26 bits per heavy atom. The second kappa shape index (κ2) is 7.82. The average Bonchev–Trinajstić information content (AvgIpc) is 2.40. The van der Waals surface area contributed by atoms with Gasteiger partial charge >= 0.3 is 0 Å². The fraction of sp³-hybridized carbons (Fsp3) is 0.562. The molecule has 19 heavy (non-hydrogen) atoms. The zero-order valence-electron chi connectivity index (χ0n) is 12.5. The molecule has 0 fully saturated rings. The summed E-state index contributed by atoms with van der Waals surface area (Å²) in [5.41, 5.74) is 3.12. The lowest BCUT2D eigenvalue weighted by molar-refractivity contribution is -0.115. The van der Waals surface area contributed by atoms with Crippen LogP contribution in [-0.4, -0.2) is 11.9 Å². The van der Waals surface area contributed by atoms with E-state index in [1.54, 1.807) is 0 Å². The van der Waals surface area contributed by atoms with Gasteiger partial charge in [0.2, 0.25) is 5.91 Å². The van der Waals surface area contributed by atoms with E-state index in [1.165, 1.54) is 19.3 Å². The molecule has 1 unspecified atom stereocenters. The molecular formula is C16H26N2O. The van der Waals surface area contributed by atoms with Gasteiger partial charge in [-0.2, -0.15) is 0 Å². The van der Waals surface area contributed by atoms with Crippen molar-refractivity contribution in [3.8, 4) is 0 Å². The Bertz CT molecular complexity index is 415. The van der Waals surface area contributed by atoms with Gasteiger partial charge in [0.1, 0.15) is 0 Å². The third-order valence-corrected chi connectivity index (χ3v) is 3.32. The molecule has 1 aromatic carbocycles. The minimum absolute atomic E-state index is 0.0549. The molecule has 0 bridgehead atoms. The summed E-state index contributed by atoms with van der Waals surface area (Å²) in [7, 11) is 0. The minimum Gasteiger partial charge on any atom is -0.382 e. The van der Waals surface area contributed by atoms with Crippen molar-refractivity contribution in [2.45, 2.75) is 59.4 Å². The average molecular weight is 262 g/mol. The number of carbonyl (C=O) groups is 1. The van der Waals surface area contributed by atoms with Crippen molar-refractivity contribution in [2.24, 2.45) is 0 Å². The van der Waals surface area contributed by atoms with Gasteiger partial charge in [-0.15, -0.1) is 0 Å². The van der Waals surface area contributed by atoms with Crippen molar-refractivity contribution in [1.82, 2.24) is 0 Å². The number of nitrogens with one attached hydrogen (secondary N) is 2. The van der Waals surface area contributed by atoms with Gasteiger partial charge in [0.25, 0.3) is 0 Å². The molecule has 0 radical (unpaired) electrons. The molecule has 3 heteroatoms. The molecule has 0 aromatic heterocycles. The van der Waals surface area contributed by atoms with Crippen molar-refractivity contribution < 1.29 is 4.79 Å². The molecule has 1 atom stereocenters. The van der Waals surface area contributed by atoms with Crippen LogP contribution in [-0.2, 0) is 4.79 Å². The Balaban J connectivity index is 2.74. The normalized spacial score (nSPS) is 12.0. The quantitative estimate of drug-likeness (QED) is 0.767. The van der Waals surface area contributed by atoms with Crippen LogP contribution in [0.2, 0.25) is 0 Å². The topological polar surface area (TPSA) is 41.1 Å². The van der Waals surface area contributed by atoms with E-state index in [-0.39, 0.29) is 5.91 Å². The smallest absolute Gasteiger partial charge is 0.224 e. The third kappa shape index (κ3) is 4.93. The second-order valence-corrected chi connectivity index (χ2v) is 5.07. The van der Waals surface area contributed by atoms with Crippen LogP contribution in [0, 0.1) is 6.92 Å². The predicted molar refractivity (Wildman–Crippen MR) is 82.7 cm³/mol. The summed E-state index contributed by atoms with van der Waals surface area (Å²) >= 11 is 0. The Kier molecular flexibility index (Phi) is 6.40. The van der Waals surface area contributed by atoms with Crippen LogP contribution in [0.4, 0.5) is 11.4 Å². The van der Waals surface area contributed by atoms with Crippen molar-refractivity contribution in [3.05, 3.63) is 23.8 Å². The molecule has 2 N–H and O–H groups in total. The van der Waals surface area contributed by atoms with Gasteiger partial charge in [-0.3, -0.25) is 4.79 Å². The summed E-state index contributed by atoms with van der Waals surface area (Å²) in [6.45, 7) is 8.31. The Labute approximate surface area is 116 Å². The largest absolute Gasteiger partial charge is 0.382 e. The molecule has 0 saturated carbocycles. The van der Waals surface area contributed by atoms with Gasteiger partial charge in [-0.1, -0.05) is 32.8 Å². The highest BCUT2D eigenvalue weighted by Gasteiger charge is 2.08. The fourth-order valence-corrected chi connectivity index (χ4v) is 2.01. The van der Waals surface area contributed by atoms with E-state index in [1.807, 2.05) is 26.0 Å².